The molecule has 0 spiro atoms. The lowest BCUT2D eigenvalue weighted by molar-refractivity contribution is 0.248. The molecule has 2 heterocycles. The summed E-state index contributed by atoms with van der Waals surface area (Å²) in [6.07, 6.45) is 0. The molecule has 0 unspecified atom stereocenters. The Balaban J connectivity index is 1.92. The van der Waals surface area contributed by atoms with Gasteiger partial charge in [-0.3, -0.25) is 5.10 Å². The van der Waals surface area contributed by atoms with Gasteiger partial charge in [0.15, 0.2) is 5.82 Å². The van der Waals surface area contributed by atoms with Crippen LogP contribution in [0.4, 0.5) is 11.8 Å². The number of benzene rings is 1. The lowest BCUT2D eigenvalue weighted by atomic mass is 10.1. The van der Waals surface area contributed by atoms with Crippen LogP contribution in [0.25, 0.3) is 11.2 Å². The molecule has 3 aromatic rings. The van der Waals surface area contributed by atoms with Crippen molar-refractivity contribution in [1.29, 1.82) is 0 Å². The molecular weight excluding hydrogens is 334 g/mol. The Morgan fingerprint density at radius 3 is 2.46 bits per heavy atom. The highest BCUT2D eigenvalue weighted by Gasteiger charge is 2.19. The van der Waals surface area contributed by atoms with Crippen LogP contribution in [-0.4, -0.2) is 54.8 Å². The summed E-state index contributed by atoms with van der Waals surface area (Å²) < 4.78 is 0. The van der Waals surface area contributed by atoms with E-state index in [1.807, 2.05) is 44.2 Å². The number of anilines is 2. The van der Waals surface area contributed by atoms with Crippen molar-refractivity contribution < 1.29 is 10.2 Å². The molecule has 2 atom stereocenters. The molecule has 9 nitrogen and oxygen atoms in total. The Bertz CT molecular complexity index is 838. The number of rotatable bonds is 8. The molecule has 1 aromatic carbocycles. The van der Waals surface area contributed by atoms with E-state index in [0.29, 0.717) is 22.9 Å². The second kappa shape index (κ2) is 8.07. The van der Waals surface area contributed by atoms with Crippen LogP contribution >= 0.6 is 0 Å². The second-order valence-electron chi connectivity index (χ2n) is 6.37. The number of hydrogen-bond donors (Lipinski definition) is 5. The lowest BCUT2D eigenvalue weighted by Gasteiger charge is -2.21. The minimum atomic E-state index is -0.343. The minimum Gasteiger partial charge on any atom is -0.394 e. The Morgan fingerprint density at radius 1 is 1.04 bits per heavy atom. The van der Waals surface area contributed by atoms with E-state index in [0.717, 1.165) is 5.56 Å². The number of aromatic nitrogens is 5. The summed E-state index contributed by atoms with van der Waals surface area (Å²) in [6, 6.07) is 9.07. The highest BCUT2D eigenvalue weighted by Crippen LogP contribution is 2.24. The van der Waals surface area contributed by atoms with Gasteiger partial charge in [0.1, 0.15) is 5.52 Å². The molecule has 2 aromatic heterocycles. The molecule has 0 aliphatic heterocycles. The molecule has 26 heavy (non-hydrogen) atoms. The topological polar surface area (TPSA) is 132 Å². The predicted molar refractivity (Wildman–Crippen MR) is 98.7 cm³/mol. The molecular formula is C17H23N7O2. The van der Waals surface area contributed by atoms with Crippen LogP contribution in [0.2, 0.25) is 0 Å². The maximum atomic E-state index is 9.79. The van der Waals surface area contributed by atoms with Gasteiger partial charge in [-0.2, -0.15) is 9.97 Å². The van der Waals surface area contributed by atoms with E-state index in [4.69, 9.17) is 0 Å². The first kappa shape index (κ1) is 18.0. The summed E-state index contributed by atoms with van der Waals surface area (Å²) in [7, 11) is 0. The van der Waals surface area contributed by atoms with Gasteiger partial charge in [0.25, 0.3) is 0 Å². The van der Waals surface area contributed by atoms with Crippen LogP contribution in [0.3, 0.4) is 0 Å². The van der Waals surface area contributed by atoms with Gasteiger partial charge in [0.05, 0.1) is 25.3 Å². The Labute approximate surface area is 150 Å². The standard InChI is InChI=1S/C17H23N7O2/c1-10(2)12(8-25)19-17-20-15(14-16(21-17)23-24-22-14)18-13(9-26)11-6-4-3-5-7-11/h3-7,10,12-13,25-26H,8-9H2,1-2H3,(H3,18,19,20,21,22,23,24)/t12-,13+/m0/s1. The first-order chi connectivity index (χ1) is 12.6. The maximum absolute atomic E-state index is 9.79. The van der Waals surface area contributed by atoms with Gasteiger partial charge < -0.3 is 20.8 Å². The number of H-pyrrole nitrogens is 1. The summed E-state index contributed by atoms with van der Waals surface area (Å²) >= 11 is 0. The summed E-state index contributed by atoms with van der Waals surface area (Å²) in [6.45, 7) is 3.85. The van der Waals surface area contributed by atoms with E-state index in [9.17, 15) is 10.2 Å². The van der Waals surface area contributed by atoms with E-state index >= 15 is 0 Å². The second-order valence-corrected chi connectivity index (χ2v) is 6.37. The fourth-order valence-electron chi connectivity index (χ4n) is 2.59. The molecule has 0 bridgehead atoms. The fourth-order valence-corrected chi connectivity index (χ4v) is 2.59. The number of aliphatic hydroxyl groups excluding tert-OH is 2. The lowest BCUT2D eigenvalue weighted by Crippen LogP contribution is -2.30. The maximum Gasteiger partial charge on any atom is 0.227 e. The highest BCUT2D eigenvalue weighted by molar-refractivity contribution is 5.83. The molecule has 0 aliphatic rings. The van der Waals surface area contributed by atoms with Crippen molar-refractivity contribution in [3.05, 3.63) is 35.9 Å². The van der Waals surface area contributed by atoms with E-state index in [1.165, 1.54) is 0 Å². The third kappa shape index (κ3) is 3.89. The molecule has 0 fully saturated rings. The summed E-state index contributed by atoms with van der Waals surface area (Å²) in [5.74, 6) is 1.01. The number of nitrogens with zero attached hydrogens (tertiary/aromatic N) is 4. The molecule has 0 amide bonds. The van der Waals surface area contributed by atoms with Crippen molar-refractivity contribution in [3.8, 4) is 0 Å². The van der Waals surface area contributed by atoms with Gasteiger partial charge in [-0.25, -0.2) is 0 Å². The van der Waals surface area contributed by atoms with Gasteiger partial charge in [-0.15, -0.1) is 5.10 Å². The average molecular weight is 357 g/mol. The summed E-state index contributed by atoms with van der Waals surface area (Å²) in [5.41, 5.74) is 1.88. The first-order valence-electron chi connectivity index (χ1n) is 8.51. The van der Waals surface area contributed by atoms with Crippen LogP contribution in [0, 0.1) is 5.92 Å². The van der Waals surface area contributed by atoms with Gasteiger partial charge >= 0.3 is 0 Å². The van der Waals surface area contributed by atoms with Gasteiger partial charge in [0, 0.05) is 0 Å². The van der Waals surface area contributed by atoms with Crippen LogP contribution in [-0.2, 0) is 0 Å². The number of fused-ring (bicyclic) bond motifs is 1. The van der Waals surface area contributed by atoms with Crippen molar-refractivity contribution in [1.82, 2.24) is 25.4 Å². The summed E-state index contributed by atoms with van der Waals surface area (Å²) in [5, 5.41) is 36.2. The van der Waals surface area contributed by atoms with Crippen LogP contribution in [0.15, 0.2) is 30.3 Å². The Morgan fingerprint density at radius 2 is 1.81 bits per heavy atom. The zero-order valence-electron chi connectivity index (χ0n) is 14.7. The third-order valence-corrected chi connectivity index (χ3v) is 4.21. The fraction of sp³-hybridized carbons (Fsp3) is 0.412. The first-order valence-corrected chi connectivity index (χ1v) is 8.51. The van der Waals surface area contributed by atoms with Crippen LogP contribution < -0.4 is 10.6 Å². The molecule has 0 saturated heterocycles. The van der Waals surface area contributed by atoms with Gasteiger partial charge in [-0.05, 0) is 11.5 Å². The van der Waals surface area contributed by atoms with E-state index in [-0.39, 0.29) is 31.2 Å². The van der Waals surface area contributed by atoms with Crippen molar-refractivity contribution in [3.63, 3.8) is 0 Å². The molecule has 138 valence electrons. The van der Waals surface area contributed by atoms with E-state index < -0.39 is 0 Å². The Kier molecular flexibility index (Phi) is 5.59. The number of aliphatic hydroxyl groups is 2. The van der Waals surface area contributed by atoms with Crippen LogP contribution in [0.1, 0.15) is 25.5 Å². The normalized spacial score (nSPS) is 13.7. The predicted octanol–water partition coefficient (Wildman–Crippen LogP) is 1.32. The van der Waals surface area contributed by atoms with E-state index in [1.54, 1.807) is 0 Å². The molecule has 5 N–H and O–H groups in total. The number of nitrogens with one attached hydrogen (secondary N) is 3. The van der Waals surface area contributed by atoms with Crippen molar-refractivity contribution >= 4 is 22.9 Å². The average Bonchev–Trinajstić information content (AvgIpc) is 3.13. The van der Waals surface area contributed by atoms with Crippen LogP contribution in [0.5, 0.6) is 0 Å². The number of aromatic amines is 1. The van der Waals surface area contributed by atoms with Crippen molar-refractivity contribution in [2.75, 3.05) is 23.8 Å². The third-order valence-electron chi connectivity index (χ3n) is 4.21. The largest absolute Gasteiger partial charge is 0.394 e. The van der Waals surface area contributed by atoms with Crippen molar-refractivity contribution in [2.45, 2.75) is 25.9 Å². The summed E-state index contributed by atoms with van der Waals surface area (Å²) in [4.78, 5) is 8.82. The van der Waals surface area contributed by atoms with Crippen molar-refractivity contribution in [2.24, 2.45) is 5.92 Å². The smallest absolute Gasteiger partial charge is 0.227 e. The Hall–Kier alpha value is -2.78. The number of hydrogen-bond acceptors (Lipinski definition) is 8. The zero-order chi connectivity index (χ0) is 18.5. The van der Waals surface area contributed by atoms with Gasteiger partial charge in [0.2, 0.25) is 11.6 Å². The van der Waals surface area contributed by atoms with Gasteiger partial charge in [-0.1, -0.05) is 49.4 Å². The SMILES string of the molecule is CC(C)[C@H](CO)Nc1nc(N[C@H](CO)c2ccccc2)c2[nH]nnc2n1. The highest BCUT2D eigenvalue weighted by atomic mass is 16.3. The van der Waals surface area contributed by atoms with E-state index in [2.05, 4.69) is 36.0 Å². The zero-order valence-corrected chi connectivity index (χ0v) is 14.7. The molecule has 3 rings (SSSR count). The molecule has 0 radical (unpaired) electrons. The molecule has 0 aliphatic carbocycles. The molecule has 9 heteroatoms. The molecule has 0 saturated carbocycles. The monoisotopic (exact) mass is 357 g/mol. The minimum absolute atomic E-state index is 0.0378. The quantitative estimate of drug-likeness (QED) is 0.408.